The van der Waals surface area contributed by atoms with E-state index in [9.17, 15) is 14.4 Å². The zero-order chi connectivity index (χ0) is 21.3. The molecule has 1 atom stereocenters. The zero-order valence-corrected chi connectivity index (χ0v) is 16.6. The highest BCUT2D eigenvalue weighted by Gasteiger charge is 2.48. The highest BCUT2D eigenvalue weighted by molar-refractivity contribution is 6.10. The van der Waals surface area contributed by atoms with Gasteiger partial charge < -0.3 is 15.0 Å². The lowest BCUT2D eigenvalue weighted by Gasteiger charge is -2.26. The number of fused-ring (bicyclic) bond motifs is 1. The topological polar surface area (TPSA) is 100 Å². The average Bonchev–Trinajstić information content (AvgIpc) is 3.07. The van der Waals surface area contributed by atoms with Crippen molar-refractivity contribution in [2.45, 2.75) is 25.4 Å². The minimum absolute atomic E-state index is 0. The Morgan fingerprint density at radius 3 is 2.90 bits per heavy atom. The quantitative estimate of drug-likeness (QED) is 0.590. The van der Waals surface area contributed by atoms with E-state index in [0.29, 0.717) is 29.9 Å². The Hall–Kier alpha value is -3.86. The first-order valence-electron chi connectivity index (χ1n) is 9.43. The molecule has 156 valence electrons. The van der Waals surface area contributed by atoms with Gasteiger partial charge in [-0.25, -0.2) is 4.79 Å². The number of carbonyl (C=O) groups is 3. The van der Waals surface area contributed by atoms with Gasteiger partial charge in [0.1, 0.15) is 5.75 Å². The smallest absolute Gasteiger partial charge is 0.323 e. The number of nitrogens with one attached hydrogen (secondary N) is 2. The molecule has 1 fully saturated rings. The van der Waals surface area contributed by atoms with E-state index in [1.54, 1.807) is 18.3 Å². The lowest BCUT2D eigenvalue weighted by molar-refractivity contribution is -0.122. The molecule has 0 radical (unpaired) electrons. The van der Waals surface area contributed by atoms with E-state index in [-0.39, 0.29) is 15.3 Å². The molecule has 1 saturated heterocycles. The number of methoxy groups -OCH3 is 1. The van der Waals surface area contributed by atoms with Crippen molar-refractivity contribution < 1.29 is 22.0 Å². The van der Waals surface area contributed by atoms with E-state index in [2.05, 4.69) is 27.5 Å². The third-order valence-corrected chi connectivity index (χ3v) is 5.12. The minimum Gasteiger partial charge on any atom is -0.497 e. The summed E-state index contributed by atoms with van der Waals surface area (Å²) in [6, 6.07) is 4.63. The van der Waals surface area contributed by atoms with Gasteiger partial charge in [0.15, 0.2) is 0 Å². The first-order valence-corrected chi connectivity index (χ1v) is 9.43. The second kappa shape index (κ2) is 7.52. The van der Waals surface area contributed by atoms with E-state index in [1.807, 2.05) is 25.1 Å². The molecule has 30 heavy (non-hydrogen) atoms. The number of urea groups is 1. The van der Waals surface area contributed by atoms with Crippen molar-refractivity contribution >= 4 is 23.6 Å². The third-order valence-electron chi connectivity index (χ3n) is 5.12. The van der Waals surface area contributed by atoms with E-state index >= 15 is 0 Å². The van der Waals surface area contributed by atoms with Crippen LogP contribution in [-0.4, -0.2) is 47.7 Å². The number of carbonyl (C=O) groups excluding carboxylic acids is 3. The number of ether oxygens (including phenoxy) is 1. The van der Waals surface area contributed by atoms with Crippen LogP contribution in [0.3, 0.4) is 0 Å². The van der Waals surface area contributed by atoms with Crippen molar-refractivity contribution in [3.63, 3.8) is 0 Å². The summed E-state index contributed by atoms with van der Waals surface area (Å²) < 4.78 is 5.19. The van der Waals surface area contributed by atoms with Gasteiger partial charge in [0.2, 0.25) is 5.54 Å². The first kappa shape index (κ1) is 19.5. The van der Waals surface area contributed by atoms with Crippen LogP contribution in [0.25, 0.3) is 0 Å². The molecule has 3 heterocycles. The van der Waals surface area contributed by atoms with Gasteiger partial charge in [-0.1, -0.05) is 24.0 Å². The highest BCUT2D eigenvalue weighted by Crippen LogP contribution is 2.28. The first-order chi connectivity index (χ1) is 14.4. The lowest BCUT2D eigenvalue weighted by atomic mass is 9.99. The van der Waals surface area contributed by atoms with Gasteiger partial charge in [0.25, 0.3) is 11.8 Å². The Kier molecular flexibility index (Phi) is 4.88. The average molecular weight is 408 g/mol. The summed E-state index contributed by atoms with van der Waals surface area (Å²) in [4.78, 5) is 43.2. The van der Waals surface area contributed by atoms with Gasteiger partial charge in [-0.15, -0.1) is 0 Å². The fraction of sp³-hybridized carbons (Fsp3) is 0.273. The molecule has 4 amide bonds. The summed E-state index contributed by atoms with van der Waals surface area (Å²) in [5.74, 6) is 5.56. The fourth-order valence-corrected chi connectivity index (χ4v) is 3.50. The maximum atomic E-state index is 12.9. The summed E-state index contributed by atoms with van der Waals surface area (Å²) in [7, 11) is 1.53. The van der Waals surface area contributed by atoms with E-state index in [1.165, 1.54) is 12.0 Å². The van der Waals surface area contributed by atoms with Gasteiger partial charge in [-0.2, -0.15) is 0 Å². The Morgan fingerprint density at radius 2 is 2.17 bits per heavy atom. The van der Waals surface area contributed by atoms with Crippen LogP contribution in [-0.2, 0) is 11.3 Å². The summed E-state index contributed by atoms with van der Waals surface area (Å²) >= 11 is 0. The monoisotopic (exact) mass is 408 g/mol. The van der Waals surface area contributed by atoms with Crippen LogP contribution in [0, 0.1) is 11.8 Å². The fourth-order valence-electron chi connectivity index (χ4n) is 3.50. The predicted octanol–water partition coefficient (Wildman–Crippen LogP) is 2.03. The van der Waals surface area contributed by atoms with Crippen LogP contribution in [0.1, 0.15) is 32.1 Å². The molecule has 0 aliphatic carbocycles. The van der Waals surface area contributed by atoms with Crippen LogP contribution in [0.15, 0.2) is 47.1 Å². The van der Waals surface area contributed by atoms with Crippen LogP contribution in [0.5, 0.6) is 5.75 Å². The Morgan fingerprint density at radius 1 is 1.33 bits per heavy atom. The second-order valence-corrected chi connectivity index (χ2v) is 7.30. The molecular formula is C22H24N4O4. The van der Waals surface area contributed by atoms with Crippen LogP contribution in [0.2, 0.25) is 0 Å². The number of nitrogens with zero attached hydrogens (tertiary/aromatic N) is 2. The number of allylic oxidation sites excluding steroid dienone is 3. The molecule has 3 aliphatic rings. The molecule has 4 rings (SSSR count). The molecule has 0 bridgehead atoms. The molecule has 0 saturated carbocycles. The van der Waals surface area contributed by atoms with Crippen molar-refractivity contribution in [3.05, 3.63) is 53.3 Å². The Bertz CT molecular complexity index is 1120. The number of amides is 4. The molecule has 2 N–H and O–H groups in total. The van der Waals surface area contributed by atoms with E-state index in [0.717, 1.165) is 11.3 Å². The summed E-state index contributed by atoms with van der Waals surface area (Å²) in [5.41, 5.74) is 1.36. The number of hydrogen-bond donors (Lipinski definition) is 2. The number of aliphatic imine (C=N–C) groups is 1. The van der Waals surface area contributed by atoms with Crippen LogP contribution < -0.4 is 15.4 Å². The zero-order valence-electron chi connectivity index (χ0n) is 16.6. The summed E-state index contributed by atoms with van der Waals surface area (Å²) in [6.45, 7) is 2.15. The standard InChI is InChI=1S/C22H20N4O4.2H2/c1-14-4-3-5-15(11-23-14)8-9-22(20(28)24-21(29)25-22)13-26-12-16-6-7-17(30-2)10-18(16)19(26)27;;/h3,5-7,10-11H,4,12-13H2,1-2H3,(H2,24,25,28,29);2*1H. The second-order valence-electron chi connectivity index (χ2n) is 7.30. The van der Waals surface area contributed by atoms with Gasteiger partial charge in [0, 0.05) is 38.9 Å². The molecule has 8 heteroatoms. The summed E-state index contributed by atoms with van der Waals surface area (Å²) in [6.07, 6.45) is 6.09. The number of rotatable bonds is 3. The van der Waals surface area contributed by atoms with E-state index in [4.69, 9.17) is 4.74 Å². The number of hydrogen-bond acceptors (Lipinski definition) is 5. The highest BCUT2D eigenvalue weighted by atomic mass is 16.5. The molecule has 3 aliphatic heterocycles. The molecule has 0 spiro atoms. The van der Waals surface area contributed by atoms with Crippen molar-refractivity contribution in [3.8, 4) is 17.6 Å². The van der Waals surface area contributed by atoms with Crippen molar-refractivity contribution in [2.75, 3.05) is 13.7 Å². The SMILES string of the molecule is COc1ccc2c(c1)C(=O)N(CC1(C#CC3=CN=C(C)CC=C3)NC(=O)NC1=O)C2.[HH].[HH]. The lowest BCUT2D eigenvalue weighted by Crippen LogP contribution is -2.54. The van der Waals surface area contributed by atoms with Gasteiger partial charge in [-0.3, -0.25) is 19.9 Å². The molecule has 1 unspecified atom stereocenters. The number of benzene rings is 1. The van der Waals surface area contributed by atoms with Crippen molar-refractivity contribution in [1.29, 1.82) is 0 Å². The van der Waals surface area contributed by atoms with E-state index < -0.39 is 17.5 Å². The third kappa shape index (κ3) is 3.57. The van der Waals surface area contributed by atoms with Crippen LogP contribution in [0.4, 0.5) is 4.79 Å². The number of imide groups is 1. The maximum absolute atomic E-state index is 12.9. The Labute approximate surface area is 176 Å². The summed E-state index contributed by atoms with van der Waals surface area (Å²) in [5, 5.41) is 4.83. The van der Waals surface area contributed by atoms with Crippen molar-refractivity contribution in [1.82, 2.24) is 15.5 Å². The molecule has 0 aromatic heterocycles. The molecule has 1 aromatic rings. The Balaban J connectivity index is 0.00000181. The molecule has 1 aromatic carbocycles. The van der Waals surface area contributed by atoms with Gasteiger partial charge >= 0.3 is 6.03 Å². The molecule has 8 nitrogen and oxygen atoms in total. The van der Waals surface area contributed by atoms with Crippen molar-refractivity contribution in [2.24, 2.45) is 4.99 Å². The van der Waals surface area contributed by atoms with Gasteiger partial charge in [-0.05, 0) is 30.7 Å². The van der Waals surface area contributed by atoms with Crippen LogP contribution >= 0.6 is 0 Å². The predicted molar refractivity (Wildman–Crippen MR) is 114 cm³/mol. The van der Waals surface area contributed by atoms with Gasteiger partial charge in [0.05, 0.1) is 13.7 Å². The normalized spacial score (nSPS) is 22.3. The maximum Gasteiger partial charge on any atom is 0.323 e. The molecular weight excluding hydrogens is 384 g/mol. The minimum atomic E-state index is -1.54. The largest absolute Gasteiger partial charge is 0.497 e.